The largest absolute Gasteiger partial charge is 0.361 e. The molecule has 0 radical (unpaired) electrons. The Bertz CT molecular complexity index is 1400. The summed E-state index contributed by atoms with van der Waals surface area (Å²) in [7, 11) is 0. The van der Waals surface area contributed by atoms with Crippen molar-refractivity contribution in [2.45, 2.75) is 69.9 Å². The maximum absolute atomic E-state index is 14.0. The van der Waals surface area contributed by atoms with Gasteiger partial charge < -0.3 is 4.98 Å². The van der Waals surface area contributed by atoms with E-state index in [4.69, 9.17) is 0 Å². The van der Waals surface area contributed by atoms with Crippen molar-refractivity contribution in [2.75, 3.05) is 6.54 Å². The second-order valence-electron chi connectivity index (χ2n) is 11.3. The number of aryl methyl sites for hydroxylation is 1. The lowest BCUT2D eigenvalue weighted by molar-refractivity contribution is -0.186. The first-order valence-corrected chi connectivity index (χ1v) is 12.9. The van der Waals surface area contributed by atoms with Crippen molar-refractivity contribution in [3.05, 3.63) is 64.8 Å². The number of alkyl halides is 2. The molecule has 6 nitrogen and oxygen atoms in total. The predicted molar refractivity (Wildman–Crippen MR) is 134 cm³/mol. The Kier molecular flexibility index (Phi) is 4.87. The first kappa shape index (κ1) is 22.1. The second-order valence-corrected chi connectivity index (χ2v) is 11.3. The van der Waals surface area contributed by atoms with Crippen LogP contribution in [0.4, 0.5) is 8.78 Å². The molecule has 2 aromatic carbocycles. The lowest BCUT2D eigenvalue weighted by Crippen LogP contribution is -2.53. The van der Waals surface area contributed by atoms with E-state index in [0.717, 1.165) is 31.5 Å². The third-order valence-corrected chi connectivity index (χ3v) is 8.73. The van der Waals surface area contributed by atoms with Crippen molar-refractivity contribution in [2.24, 2.45) is 5.41 Å². The first-order valence-electron chi connectivity index (χ1n) is 12.9. The Morgan fingerprint density at radius 2 is 1.92 bits per heavy atom. The van der Waals surface area contributed by atoms with Gasteiger partial charge in [-0.05, 0) is 84.0 Å². The van der Waals surface area contributed by atoms with Gasteiger partial charge >= 0.3 is 0 Å². The van der Waals surface area contributed by atoms with Gasteiger partial charge in [0.05, 0.1) is 0 Å². The molecule has 1 saturated heterocycles. The van der Waals surface area contributed by atoms with Gasteiger partial charge in [0.15, 0.2) is 0 Å². The monoisotopic (exact) mass is 488 g/mol. The number of fused-ring (bicyclic) bond motifs is 1. The highest BCUT2D eigenvalue weighted by molar-refractivity contribution is 5.87. The minimum Gasteiger partial charge on any atom is -0.361 e. The fourth-order valence-corrected chi connectivity index (χ4v) is 6.83. The molecular formula is C28H30F2N6. The van der Waals surface area contributed by atoms with Crippen molar-refractivity contribution >= 4 is 10.9 Å². The zero-order valence-electron chi connectivity index (χ0n) is 20.4. The molecular weight excluding hydrogens is 458 g/mol. The molecule has 4 aromatic rings. The molecule has 3 fully saturated rings. The molecule has 2 N–H and O–H groups in total. The van der Waals surface area contributed by atoms with E-state index in [1.54, 1.807) is 0 Å². The quantitative estimate of drug-likeness (QED) is 0.346. The van der Waals surface area contributed by atoms with Crippen molar-refractivity contribution in [1.82, 2.24) is 30.5 Å². The van der Waals surface area contributed by atoms with Crippen LogP contribution >= 0.6 is 0 Å². The van der Waals surface area contributed by atoms with Crippen LogP contribution in [-0.4, -0.2) is 43.0 Å². The molecule has 0 bridgehead atoms. The van der Waals surface area contributed by atoms with Gasteiger partial charge in [-0.2, -0.15) is 5.21 Å². The number of nitrogens with one attached hydrogen (secondary N) is 2. The van der Waals surface area contributed by atoms with Gasteiger partial charge in [0.2, 0.25) is 11.7 Å². The number of aromatic nitrogens is 5. The first-order chi connectivity index (χ1) is 17.4. The van der Waals surface area contributed by atoms with E-state index in [1.165, 1.54) is 46.0 Å². The molecule has 8 heteroatoms. The molecule has 36 heavy (non-hydrogen) atoms. The summed E-state index contributed by atoms with van der Waals surface area (Å²) in [6.45, 7) is 3.85. The highest BCUT2D eigenvalue weighted by Crippen LogP contribution is 2.60. The predicted octanol–water partition coefficient (Wildman–Crippen LogP) is 6.29. The number of rotatable bonds is 5. The van der Waals surface area contributed by atoms with E-state index >= 15 is 0 Å². The van der Waals surface area contributed by atoms with Gasteiger partial charge in [-0.15, -0.1) is 10.2 Å². The number of hydrogen-bond acceptors (Lipinski definition) is 4. The molecule has 0 amide bonds. The summed E-state index contributed by atoms with van der Waals surface area (Å²) >= 11 is 0. The number of piperidine rings is 1. The molecule has 3 heterocycles. The van der Waals surface area contributed by atoms with Crippen LogP contribution in [0.3, 0.4) is 0 Å². The summed E-state index contributed by atoms with van der Waals surface area (Å²) in [6, 6.07) is 12.9. The van der Waals surface area contributed by atoms with Crippen LogP contribution in [0, 0.1) is 12.3 Å². The number of H-pyrrole nitrogens is 2. The van der Waals surface area contributed by atoms with Crippen LogP contribution in [0.5, 0.6) is 0 Å². The molecule has 0 unspecified atom stereocenters. The average Bonchev–Trinajstić information content (AvgIpc) is 3.31. The number of halogens is 2. The number of tetrazole rings is 1. The molecule has 2 saturated carbocycles. The summed E-state index contributed by atoms with van der Waals surface area (Å²) in [5.74, 6) is -1.31. The van der Waals surface area contributed by atoms with Crippen molar-refractivity contribution in [3.63, 3.8) is 0 Å². The minimum atomic E-state index is -2.51. The SMILES string of the molecule is Cc1cc(C2CC2)c(CN2CCC3(C[C@H]2c2ccc(-c4nn[nH]n4)cc2)CC(F)(F)C3)c2cc[nH]c12. The smallest absolute Gasteiger partial charge is 0.249 e. The van der Waals surface area contributed by atoms with Gasteiger partial charge in [0.1, 0.15) is 0 Å². The summed E-state index contributed by atoms with van der Waals surface area (Å²) in [6.07, 6.45) is 6.18. The van der Waals surface area contributed by atoms with Crippen LogP contribution < -0.4 is 0 Å². The lowest BCUT2D eigenvalue weighted by Gasteiger charge is -2.54. The second kappa shape index (κ2) is 7.93. The number of nitrogens with zero attached hydrogens (tertiary/aromatic N) is 4. The van der Waals surface area contributed by atoms with Crippen molar-refractivity contribution < 1.29 is 8.78 Å². The summed E-state index contributed by atoms with van der Waals surface area (Å²) in [4.78, 5) is 5.97. The fraction of sp³-hybridized carbons (Fsp3) is 0.464. The Balaban J connectivity index is 1.25. The van der Waals surface area contributed by atoms with Crippen molar-refractivity contribution in [3.8, 4) is 11.4 Å². The van der Waals surface area contributed by atoms with E-state index in [0.29, 0.717) is 11.7 Å². The average molecular weight is 489 g/mol. The standard InChI is InChI=1S/C28H30F2N6/c1-17-12-22(18-2-3-18)23(21-8-10-31-25(17)21)14-36-11-9-27(15-28(29,30)16-27)13-24(36)19-4-6-20(7-5-19)26-32-34-35-33-26/h4-8,10,12,18,24,31H,2-3,9,11,13-16H2,1H3,(H,32,33,34,35)/t24-/m0/s1. The van der Waals surface area contributed by atoms with E-state index in [1.807, 2.05) is 18.3 Å². The van der Waals surface area contributed by atoms with Gasteiger partial charge in [-0.3, -0.25) is 4.90 Å². The Morgan fingerprint density at radius 1 is 1.11 bits per heavy atom. The zero-order chi connectivity index (χ0) is 24.5. The van der Waals surface area contributed by atoms with Gasteiger partial charge in [-0.25, -0.2) is 8.78 Å². The summed E-state index contributed by atoms with van der Waals surface area (Å²) in [5.41, 5.74) is 7.19. The zero-order valence-corrected chi connectivity index (χ0v) is 20.4. The highest BCUT2D eigenvalue weighted by Gasteiger charge is 2.58. The van der Waals surface area contributed by atoms with Crippen LogP contribution in [0.15, 0.2) is 42.6 Å². The molecule has 7 rings (SSSR count). The third-order valence-electron chi connectivity index (χ3n) is 8.73. The maximum Gasteiger partial charge on any atom is 0.249 e. The van der Waals surface area contributed by atoms with Crippen LogP contribution in [-0.2, 0) is 6.54 Å². The maximum atomic E-state index is 14.0. The topological polar surface area (TPSA) is 73.5 Å². The van der Waals surface area contributed by atoms with Crippen LogP contribution in [0.25, 0.3) is 22.3 Å². The number of aromatic amines is 2. The van der Waals surface area contributed by atoms with Gasteiger partial charge in [0.25, 0.3) is 0 Å². The fourth-order valence-electron chi connectivity index (χ4n) is 6.83. The Hall–Kier alpha value is -3.13. The van der Waals surface area contributed by atoms with Crippen molar-refractivity contribution in [1.29, 1.82) is 0 Å². The van der Waals surface area contributed by atoms with Gasteiger partial charge in [0, 0.05) is 48.1 Å². The number of likely N-dealkylation sites (tertiary alicyclic amines) is 1. The molecule has 1 spiro atoms. The van der Waals surface area contributed by atoms with E-state index in [2.05, 4.69) is 61.7 Å². The molecule has 186 valence electrons. The van der Waals surface area contributed by atoms with Crippen LogP contribution in [0.1, 0.15) is 72.7 Å². The lowest BCUT2D eigenvalue weighted by atomic mass is 9.59. The number of hydrogen-bond donors (Lipinski definition) is 2. The normalized spacial score (nSPS) is 23.2. The van der Waals surface area contributed by atoms with Crippen LogP contribution in [0.2, 0.25) is 0 Å². The summed E-state index contributed by atoms with van der Waals surface area (Å²) in [5, 5.41) is 15.6. The molecule has 1 aliphatic heterocycles. The minimum absolute atomic E-state index is 0.0190. The Morgan fingerprint density at radius 3 is 2.61 bits per heavy atom. The molecule has 2 aliphatic carbocycles. The van der Waals surface area contributed by atoms with Gasteiger partial charge in [-0.1, -0.05) is 30.3 Å². The highest BCUT2D eigenvalue weighted by atomic mass is 19.3. The van der Waals surface area contributed by atoms with E-state index in [-0.39, 0.29) is 24.3 Å². The summed E-state index contributed by atoms with van der Waals surface area (Å²) < 4.78 is 28.1. The number of benzene rings is 2. The van der Waals surface area contributed by atoms with E-state index < -0.39 is 5.92 Å². The Labute approximate surface area is 208 Å². The molecule has 1 atom stereocenters. The molecule has 2 aromatic heterocycles. The third kappa shape index (κ3) is 3.74. The van der Waals surface area contributed by atoms with E-state index in [9.17, 15) is 8.78 Å². The molecule has 3 aliphatic rings.